The van der Waals surface area contributed by atoms with Crippen LogP contribution in [0, 0.1) is 0 Å². The molecule has 0 radical (unpaired) electrons. The van der Waals surface area contributed by atoms with Gasteiger partial charge in [-0.25, -0.2) is 4.79 Å². The summed E-state index contributed by atoms with van der Waals surface area (Å²) in [5.74, 6) is 0. The maximum absolute atomic E-state index is 10.6. The van der Waals surface area contributed by atoms with E-state index < -0.39 is 0 Å². The third-order valence-corrected chi connectivity index (χ3v) is 1.22. The summed E-state index contributed by atoms with van der Waals surface area (Å²) in [6, 6.07) is 0.161. The van der Waals surface area contributed by atoms with Crippen molar-refractivity contribution in [2.24, 2.45) is 0 Å². The van der Waals surface area contributed by atoms with Crippen molar-refractivity contribution >= 4 is 6.03 Å². The number of carbonyl (C=O) groups excluding carboxylic acids is 1. The first-order chi connectivity index (χ1) is 4.20. The lowest BCUT2D eigenvalue weighted by Gasteiger charge is -2.09. The second kappa shape index (κ2) is 4.18. The smallest absolute Gasteiger partial charge is 0.314 e. The van der Waals surface area contributed by atoms with E-state index in [0.717, 1.165) is 6.42 Å². The number of hydrogen-bond donors (Lipinski definition) is 2. The molecule has 3 heteroatoms. The van der Waals surface area contributed by atoms with Crippen LogP contribution in [0.5, 0.6) is 0 Å². The summed E-state index contributed by atoms with van der Waals surface area (Å²) in [7, 11) is 1.61. The van der Waals surface area contributed by atoms with E-state index in [1.54, 1.807) is 7.05 Å². The molecular formula is C6H14N2O. The standard InChI is InChI=1S/C6H14N2O/c1-4-5(2)8-6(9)7-3/h5H,4H2,1-3H3,(H2,7,8,9). The molecule has 2 N–H and O–H groups in total. The van der Waals surface area contributed by atoms with Crippen molar-refractivity contribution in [1.82, 2.24) is 10.6 Å². The molecule has 9 heavy (non-hydrogen) atoms. The van der Waals surface area contributed by atoms with Gasteiger partial charge in [0.25, 0.3) is 0 Å². The van der Waals surface area contributed by atoms with Crippen LogP contribution >= 0.6 is 0 Å². The van der Waals surface area contributed by atoms with Crippen LogP contribution in [0.1, 0.15) is 20.3 Å². The topological polar surface area (TPSA) is 41.1 Å². The van der Waals surface area contributed by atoms with Crippen LogP contribution in [0.4, 0.5) is 4.79 Å². The number of nitrogens with one attached hydrogen (secondary N) is 2. The molecule has 0 aliphatic carbocycles. The fourth-order valence-corrected chi connectivity index (χ4v) is 0.398. The van der Waals surface area contributed by atoms with Gasteiger partial charge in [0.1, 0.15) is 0 Å². The minimum absolute atomic E-state index is 0.107. The zero-order valence-electron chi connectivity index (χ0n) is 6.19. The molecule has 0 fully saturated rings. The van der Waals surface area contributed by atoms with Gasteiger partial charge in [-0.1, -0.05) is 6.92 Å². The highest BCUT2D eigenvalue weighted by Crippen LogP contribution is 1.85. The second-order valence-electron chi connectivity index (χ2n) is 2.03. The Labute approximate surface area is 55.8 Å². The summed E-state index contributed by atoms with van der Waals surface area (Å²) in [4.78, 5) is 10.6. The molecule has 1 atom stereocenters. The van der Waals surface area contributed by atoms with Crippen LogP contribution < -0.4 is 10.6 Å². The number of carbonyl (C=O) groups is 1. The summed E-state index contributed by atoms with van der Waals surface area (Å²) in [5.41, 5.74) is 0. The number of urea groups is 1. The van der Waals surface area contributed by atoms with E-state index in [4.69, 9.17) is 0 Å². The normalized spacial score (nSPS) is 12.3. The van der Waals surface area contributed by atoms with Crippen LogP contribution in [0.3, 0.4) is 0 Å². The van der Waals surface area contributed by atoms with Gasteiger partial charge in [0.2, 0.25) is 0 Å². The number of hydrogen-bond acceptors (Lipinski definition) is 1. The molecule has 0 aliphatic heterocycles. The molecule has 0 heterocycles. The summed E-state index contributed by atoms with van der Waals surface area (Å²) in [5, 5.41) is 5.21. The first-order valence-corrected chi connectivity index (χ1v) is 3.19. The molecule has 0 spiro atoms. The van der Waals surface area contributed by atoms with Crippen molar-refractivity contribution in [2.75, 3.05) is 7.05 Å². The van der Waals surface area contributed by atoms with Gasteiger partial charge in [0.05, 0.1) is 0 Å². The van der Waals surface area contributed by atoms with Crippen molar-refractivity contribution in [3.63, 3.8) is 0 Å². The van der Waals surface area contributed by atoms with E-state index in [9.17, 15) is 4.79 Å². The van der Waals surface area contributed by atoms with Crippen molar-refractivity contribution in [2.45, 2.75) is 26.3 Å². The molecule has 3 nitrogen and oxygen atoms in total. The van der Waals surface area contributed by atoms with E-state index in [1.807, 2.05) is 13.8 Å². The van der Waals surface area contributed by atoms with Crippen molar-refractivity contribution in [3.8, 4) is 0 Å². The summed E-state index contributed by atoms with van der Waals surface area (Å²) >= 11 is 0. The molecule has 0 bridgehead atoms. The highest BCUT2D eigenvalue weighted by molar-refractivity contribution is 5.73. The van der Waals surface area contributed by atoms with Crippen LogP contribution in [-0.4, -0.2) is 19.1 Å². The van der Waals surface area contributed by atoms with Gasteiger partial charge in [0, 0.05) is 13.1 Å². The van der Waals surface area contributed by atoms with Gasteiger partial charge in [-0.2, -0.15) is 0 Å². The average Bonchev–Trinajstić information content (AvgIpc) is 1.87. The summed E-state index contributed by atoms with van der Waals surface area (Å²) in [6.07, 6.45) is 0.966. The molecule has 0 aromatic carbocycles. The molecule has 0 rings (SSSR count). The fourth-order valence-electron chi connectivity index (χ4n) is 0.398. The van der Waals surface area contributed by atoms with E-state index in [1.165, 1.54) is 0 Å². The third-order valence-electron chi connectivity index (χ3n) is 1.22. The highest BCUT2D eigenvalue weighted by Gasteiger charge is 1.99. The Bertz CT molecular complexity index is 93.1. The molecule has 0 aromatic rings. The van der Waals surface area contributed by atoms with E-state index in [-0.39, 0.29) is 12.1 Å². The number of amides is 2. The lowest BCUT2D eigenvalue weighted by atomic mass is 10.3. The molecule has 0 saturated heterocycles. The second-order valence-corrected chi connectivity index (χ2v) is 2.03. The molecular weight excluding hydrogens is 116 g/mol. The van der Waals surface area contributed by atoms with Gasteiger partial charge >= 0.3 is 6.03 Å². The van der Waals surface area contributed by atoms with Crippen LogP contribution in [0.25, 0.3) is 0 Å². The van der Waals surface area contributed by atoms with E-state index in [2.05, 4.69) is 10.6 Å². The van der Waals surface area contributed by atoms with Crippen LogP contribution in [0.2, 0.25) is 0 Å². The van der Waals surface area contributed by atoms with Gasteiger partial charge in [-0.15, -0.1) is 0 Å². The third kappa shape index (κ3) is 3.82. The van der Waals surface area contributed by atoms with Crippen LogP contribution in [0.15, 0.2) is 0 Å². The average molecular weight is 130 g/mol. The van der Waals surface area contributed by atoms with E-state index in [0.29, 0.717) is 0 Å². The van der Waals surface area contributed by atoms with Crippen LogP contribution in [-0.2, 0) is 0 Å². The lowest BCUT2D eigenvalue weighted by molar-refractivity contribution is 0.239. The summed E-state index contributed by atoms with van der Waals surface area (Å²) in [6.45, 7) is 4.00. The van der Waals surface area contributed by atoms with Crippen molar-refractivity contribution < 1.29 is 4.79 Å². The zero-order valence-corrected chi connectivity index (χ0v) is 6.19. The Morgan fingerprint density at radius 3 is 2.56 bits per heavy atom. The first kappa shape index (κ1) is 8.27. The highest BCUT2D eigenvalue weighted by atomic mass is 16.2. The predicted octanol–water partition coefficient (Wildman–Crippen LogP) is 0.714. The first-order valence-electron chi connectivity index (χ1n) is 3.19. The number of rotatable bonds is 2. The Morgan fingerprint density at radius 1 is 1.67 bits per heavy atom. The Balaban J connectivity index is 3.34. The minimum Gasteiger partial charge on any atom is -0.341 e. The minimum atomic E-state index is -0.107. The van der Waals surface area contributed by atoms with Gasteiger partial charge in [-0.3, -0.25) is 0 Å². The largest absolute Gasteiger partial charge is 0.341 e. The Hall–Kier alpha value is -0.730. The van der Waals surface area contributed by atoms with Crippen molar-refractivity contribution in [1.29, 1.82) is 0 Å². The Kier molecular flexibility index (Phi) is 3.84. The maximum atomic E-state index is 10.6. The van der Waals surface area contributed by atoms with Crippen molar-refractivity contribution in [3.05, 3.63) is 0 Å². The monoisotopic (exact) mass is 130 g/mol. The van der Waals surface area contributed by atoms with E-state index >= 15 is 0 Å². The fraction of sp³-hybridized carbons (Fsp3) is 0.833. The lowest BCUT2D eigenvalue weighted by Crippen LogP contribution is -2.38. The molecule has 1 unspecified atom stereocenters. The molecule has 0 saturated carbocycles. The molecule has 54 valence electrons. The predicted molar refractivity (Wildman–Crippen MR) is 37.3 cm³/mol. The Morgan fingerprint density at radius 2 is 2.22 bits per heavy atom. The quantitative estimate of drug-likeness (QED) is 0.568. The molecule has 0 aliphatic rings. The maximum Gasteiger partial charge on any atom is 0.314 e. The van der Waals surface area contributed by atoms with Gasteiger partial charge in [-0.05, 0) is 13.3 Å². The van der Waals surface area contributed by atoms with Gasteiger partial charge < -0.3 is 10.6 Å². The SMILES string of the molecule is CCC(C)NC(=O)NC. The summed E-state index contributed by atoms with van der Waals surface area (Å²) < 4.78 is 0. The molecule has 0 aromatic heterocycles. The zero-order chi connectivity index (χ0) is 7.28. The van der Waals surface area contributed by atoms with Gasteiger partial charge in [0.15, 0.2) is 0 Å². The molecule has 2 amide bonds.